The molecule has 18 heavy (non-hydrogen) atoms. The van der Waals surface area contributed by atoms with Gasteiger partial charge in [0, 0.05) is 0 Å². The monoisotopic (exact) mass is 260 g/mol. The summed E-state index contributed by atoms with van der Waals surface area (Å²) in [6.45, 7) is 2.08. The number of halogens is 1. The van der Waals surface area contributed by atoms with Crippen LogP contribution in [0.1, 0.15) is 22.1 Å². The average molecular weight is 261 g/mol. The minimum Gasteiger partial charge on any atom is -0.496 e. The van der Waals surface area contributed by atoms with Gasteiger partial charge in [-0.05, 0) is 30.5 Å². The fourth-order valence-electron chi connectivity index (χ4n) is 1.96. The van der Waals surface area contributed by atoms with Gasteiger partial charge in [0.05, 0.1) is 12.5 Å². The highest BCUT2D eigenvalue weighted by Crippen LogP contribution is 2.29. The maximum atomic E-state index is 6.47. The molecule has 0 aliphatic rings. The zero-order chi connectivity index (χ0) is 13.0. The van der Waals surface area contributed by atoms with Crippen LogP contribution in [0.3, 0.4) is 0 Å². The molecule has 0 aliphatic carbocycles. The molecular weight excluding hydrogens is 244 g/mol. The Morgan fingerprint density at radius 3 is 2.39 bits per heavy atom. The zero-order valence-electron chi connectivity index (χ0n) is 10.7. The molecule has 0 aliphatic heterocycles. The lowest BCUT2D eigenvalue weighted by atomic mass is 10.0. The van der Waals surface area contributed by atoms with Crippen LogP contribution in [0, 0.1) is 6.92 Å². The van der Waals surface area contributed by atoms with Crippen LogP contribution in [0.2, 0.25) is 0 Å². The number of aryl methyl sites for hydroxylation is 1. The van der Waals surface area contributed by atoms with Crippen molar-refractivity contribution >= 4 is 11.6 Å². The van der Waals surface area contributed by atoms with Crippen molar-refractivity contribution in [3.05, 3.63) is 65.2 Å². The van der Waals surface area contributed by atoms with Crippen molar-refractivity contribution < 1.29 is 4.74 Å². The first kappa shape index (κ1) is 13.0. The summed E-state index contributed by atoms with van der Waals surface area (Å²) < 4.78 is 5.34. The van der Waals surface area contributed by atoms with Gasteiger partial charge in [-0.15, -0.1) is 11.6 Å². The van der Waals surface area contributed by atoms with E-state index in [2.05, 4.69) is 37.3 Å². The first-order valence-electron chi connectivity index (χ1n) is 6.03. The Balaban J connectivity index is 2.15. The fourth-order valence-corrected chi connectivity index (χ4v) is 2.27. The molecule has 2 heteroatoms. The van der Waals surface area contributed by atoms with E-state index in [4.69, 9.17) is 16.3 Å². The van der Waals surface area contributed by atoms with E-state index >= 15 is 0 Å². The molecular formula is C16H17ClO. The van der Waals surface area contributed by atoms with Crippen LogP contribution in [0.5, 0.6) is 5.75 Å². The van der Waals surface area contributed by atoms with Gasteiger partial charge < -0.3 is 4.74 Å². The van der Waals surface area contributed by atoms with Gasteiger partial charge in [-0.3, -0.25) is 0 Å². The molecule has 0 aromatic heterocycles. The average Bonchev–Trinajstić information content (AvgIpc) is 2.40. The normalized spacial score (nSPS) is 12.2. The number of alkyl halides is 1. The van der Waals surface area contributed by atoms with Crippen LogP contribution in [-0.4, -0.2) is 7.11 Å². The van der Waals surface area contributed by atoms with Crippen molar-refractivity contribution in [2.24, 2.45) is 0 Å². The zero-order valence-corrected chi connectivity index (χ0v) is 11.4. The standard InChI is InChI=1S/C16H17ClO/c1-12-7-9-13(10-8-12)15(17)11-14-5-3-4-6-16(14)18-2/h3-10,15H,11H2,1-2H3. The van der Waals surface area contributed by atoms with E-state index in [0.29, 0.717) is 0 Å². The van der Waals surface area contributed by atoms with Crippen LogP contribution >= 0.6 is 11.6 Å². The summed E-state index contributed by atoms with van der Waals surface area (Å²) in [5.41, 5.74) is 3.54. The largest absolute Gasteiger partial charge is 0.496 e. The summed E-state index contributed by atoms with van der Waals surface area (Å²) in [5, 5.41) is -0.0260. The van der Waals surface area contributed by atoms with Gasteiger partial charge in [0.15, 0.2) is 0 Å². The van der Waals surface area contributed by atoms with Gasteiger partial charge in [-0.1, -0.05) is 48.0 Å². The number of hydrogen-bond donors (Lipinski definition) is 0. The first-order valence-corrected chi connectivity index (χ1v) is 6.47. The van der Waals surface area contributed by atoms with Gasteiger partial charge in [0.25, 0.3) is 0 Å². The Morgan fingerprint density at radius 2 is 1.72 bits per heavy atom. The minimum atomic E-state index is -0.0260. The quantitative estimate of drug-likeness (QED) is 0.734. The molecule has 94 valence electrons. The molecule has 0 amide bonds. The van der Waals surface area contributed by atoms with Crippen molar-refractivity contribution in [1.29, 1.82) is 0 Å². The lowest BCUT2D eigenvalue weighted by molar-refractivity contribution is 0.409. The van der Waals surface area contributed by atoms with Crippen molar-refractivity contribution in [2.45, 2.75) is 18.7 Å². The molecule has 1 nitrogen and oxygen atoms in total. The van der Waals surface area contributed by atoms with Gasteiger partial charge in [-0.25, -0.2) is 0 Å². The molecule has 1 unspecified atom stereocenters. The lowest BCUT2D eigenvalue weighted by Gasteiger charge is -2.13. The molecule has 2 aromatic rings. The first-order chi connectivity index (χ1) is 8.70. The van der Waals surface area contributed by atoms with Crippen LogP contribution < -0.4 is 4.74 Å². The van der Waals surface area contributed by atoms with E-state index in [0.717, 1.165) is 23.3 Å². The SMILES string of the molecule is COc1ccccc1CC(Cl)c1ccc(C)cc1. The summed E-state index contributed by atoms with van der Waals surface area (Å²) >= 11 is 6.47. The van der Waals surface area contributed by atoms with E-state index in [1.807, 2.05) is 18.2 Å². The number of benzene rings is 2. The number of ether oxygens (including phenoxy) is 1. The topological polar surface area (TPSA) is 9.23 Å². The van der Waals surface area contributed by atoms with Crippen LogP contribution in [0.4, 0.5) is 0 Å². The van der Waals surface area contributed by atoms with Gasteiger partial charge in [0.1, 0.15) is 5.75 Å². The molecule has 0 spiro atoms. The highest BCUT2D eigenvalue weighted by Gasteiger charge is 2.11. The third-order valence-corrected chi connectivity index (χ3v) is 3.44. The lowest BCUT2D eigenvalue weighted by Crippen LogP contribution is -1.98. The number of rotatable bonds is 4. The molecule has 0 N–H and O–H groups in total. The molecule has 0 saturated heterocycles. The smallest absolute Gasteiger partial charge is 0.122 e. The summed E-state index contributed by atoms with van der Waals surface area (Å²) in [6.07, 6.45) is 0.772. The predicted molar refractivity (Wildman–Crippen MR) is 76.5 cm³/mol. The van der Waals surface area contributed by atoms with E-state index in [-0.39, 0.29) is 5.38 Å². The number of hydrogen-bond acceptors (Lipinski definition) is 1. The summed E-state index contributed by atoms with van der Waals surface area (Å²) in [7, 11) is 1.69. The second-order valence-electron chi connectivity index (χ2n) is 4.39. The van der Waals surface area contributed by atoms with Crippen molar-refractivity contribution in [2.75, 3.05) is 7.11 Å². The summed E-state index contributed by atoms with van der Waals surface area (Å²) in [6, 6.07) is 16.4. The molecule has 0 heterocycles. The van der Waals surface area contributed by atoms with Gasteiger partial charge in [-0.2, -0.15) is 0 Å². The van der Waals surface area contributed by atoms with Crippen molar-refractivity contribution in [3.63, 3.8) is 0 Å². The third kappa shape index (κ3) is 3.05. The van der Waals surface area contributed by atoms with E-state index in [9.17, 15) is 0 Å². The Labute approximate surface area is 113 Å². The molecule has 0 bridgehead atoms. The van der Waals surface area contributed by atoms with Crippen molar-refractivity contribution in [1.82, 2.24) is 0 Å². The Hall–Kier alpha value is -1.47. The maximum absolute atomic E-state index is 6.47. The maximum Gasteiger partial charge on any atom is 0.122 e. The fraction of sp³-hybridized carbons (Fsp3) is 0.250. The van der Waals surface area contributed by atoms with Crippen molar-refractivity contribution in [3.8, 4) is 5.75 Å². The van der Waals surface area contributed by atoms with Crippen LogP contribution in [0.25, 0.3) is 0 Å². The Morgan fingerprint density at radius 1 is 1.06 bits per heavy atom. The van der Waals surface area contributed by atoms with Crippen LogP contribution in [0.15, 0.2) is 48.5 Å². The highest BCUT2D eigenvalue weighted by atomic mass is 35.5. The molecule has 0 fully saturated rings. The number of methoxy groups -OCH3 is 1. The summed E-state index contributed by atoms with van der Waals surface area (Å²) in [5.74, 6) is 0.898. The second-order valence-corrected chi connectivity index (χ2v) is 4.92. The van der Waals surface area contributed by atoms with Gasteiger partial charge >= 0.3 is 0 Å². The number of para-hydroxylation sites is 1. The molecule has 1 atom stereocenters. The molecule has 0 saturated carbocycles. The third-order valence-electron chi connectivity index (χ3n) is 3.03. The second kappa shape index (κ2) is 5.92. The summed E-state index contributed by atoms with van der Waals surface area (Å²) in [4.78, 5) is 0. The Bertz CT molecular complexity index is 505. The highest BCUT2D eigenvalue weighted by molar-refractivity contribution is 6.20. The van der Waals surface area contributed by atoms with E-state index < -0.39 is 0 Å². The predicted octanol–water partition coefficient (Wildman–Crippen LogP) is 4.53. The van der Waals surface area contributed by atoms with E-state index in [1.54, 1.807) is 7.11 Å². The molecule has 0 radical (unpaired) electrons. The molecule has 2 rings (SSSR count). The van der Waals surface area contributed by atoms with Crippen LogP contribution in [-0.2, 0) is 6.42 Å². The van der Waals surface area contributed by atoms with Gasteiger partial charge in [0.2, 0.25) is 0 Å². The molecule has 2 aromatic carbocycles. The Kier molecular flexibility index (Phi) is 4.27. The van der Waals surface area contributed by atoms with E-state index in [1.165, 1.54) is 5.56 Å². The minimum absolute atomic E-state index is 0.0260.